The van der Waals surface area contributed by atoms with Gasteiger partial charge in [-0.3, -0.25) is 0 Å². The van der Waals surface area contributed by atoms with Crippen LogP contribution < -0.4 is 4.74 Å². The summed E-state index contributed by atoms with van der Waals surface area (Å²) in [5, 5.41) is 0. The molecule has 0 saturated carbocycles. The Morgan fingerprint density at radius 2 is 0.729 bits per heavy atom. The fourth-order valence-electron chi connectivity index (χ4n) is 4.28. The van der Waals surface area contributed by atoms with Crippen LogP contribution in [-0.4, -0.2) is 138 Å². The molecule has 0 radical (unpaired) electrons. The number of ether oxygens (including phenoxy) is 11. The quantitative estimate of drug-likeness (QED) is 0.0815. The highest BCUT2D eigenvalue weighted by Crippen LogP contribution is 2.15. The van der Waals surface area contributed by atoms with Crippen molar-refractivity contribution in [3.8, 4) is 5.75 Å². The molecule has 0 amide bonds. The maximum absolute atomic E-state index is 5.77. The van der Waals surface area contributed by atoms with E-state index in [0.29, 0.717) is 132 Å². The van der Waals surface area contributed by atoms with Gasteiger partial charge in [-0.25, -0.2) is 0 Å². The van der Waals surface area contributed by atoms with Crippen LogP contribution in [0.5, 0.6) is 5.75 Å². The highest BCUT2D eigenvalue weighted by Gasteiger charge is 1.99. The van der Waals surface area contributed by atoms with E-state index in [1.807, 2.05) is 13.8 Å². The second-order valence-electron chi connectivity index (χ2n) is 11.4. The molecule has 0 atom stereocenters. The number of rotatable bonds is 39. The molecule has 1 aromatic carbocycles. The van der Waals surface area contributed by atoms with Gasteiger partial charge in [0.15, 0.2) is 0 Å². The Labute approximate surface area is 291 Å². The highest BCUT2D eigenvalue weighted by atomic mass is 16.6. The first kappa shape index (κ1) is 44.6. The maximum Gasteiger partial charge on any atom is 0.119 e. The molecule has 0 spiro atoms. The maximum atomic E-state index is 5.77. The average molecular weight is 689 g/mol. The first-order valence-corrected chi connectivity index (χ1v) is 18.3. The zero-order valence-corrected chi connectivity index (χ0v) is 30.5. The van der Waals surface area contributed by atoms with E-state index in [1.54, 1.807) is 0 Å². The summed E-state index contributed by atoms with van der Waals surface area (Å²) in [6.45, 7) is 17.0. The molecule has 11 nitrogen and oxygen atoms in total. The van der Waals surface area contributed by atoms with Crippen LogP contribution >= 0.6 is 0 Å². The number of unbranched alkanes of at least 4 members (excludes halogenated alkanes) is 5. The van der Waals surface area contributed by atoms with Gasteiger partial charge in [0, 0.05) is 0 Å². The minimum Gasteiger partial charge on any atom is -0.491 e. The predicted octanol–water partition coefficient (Wildman–Crippen LogP) is 5.54. The van der Waals surface area contributed by atoms with E-state index in [2.05, 4.69) is 31.2 Å². The van der Waals surface area contributed by atoms with E-state index in [1.165, 1.54) is 44.1 Å². The predicted molar refractivity (Wildman–Crippen MR) is 187 cm³/mol. The van der Waals surface area contributed by atoms with Gasteiger partial charge in [0.05, 0.1) is 132 Å². The third kappa shape index (κ3) is 33.1. The van der Waals surface area contributed by atoms with E-state index in [9.17, 15) is 0 Å². The lowest BCUT2D eigenvalue weighted by atomic mass is 10.0. The molecule has 282 valence electrons. The van der Waals surface area contributed by atoms with Gasteiger partial charge >= 0.3 is 0 Å². The van der Waals surface area contributed by atoms with Crippen molar-refractivity contribution in [2.75, 3.05) is 132 Å². The van der Waals surface area contributed by atoms with E-state index >= 15 is 0 Å². The minimum atomic E-state index is 0.233. The molecule has 0 heterocycles. The Balaban J connectivity index is 1.69. The van der Waals surface area contributed by atoms with Crippen molar-refractivity contribution < 1.29 is 52.1 Å². The van der Waals surface area contributed by atoms with Crippen LogP contribution in [0.15, 0.2) is 24.3 Å². The van der Waals surface area contributed by atoms with Gasteiger partial charge in [0.2, 0.25) is 0 Å². The smallest absolute Gasteiger partial charge is 0.119 e. The van der Waals surface area contributed by atoms with E-state index in [0.717, 1.165) is 12.2 Å². The van der Waals surface area contributed by atoms with Crippen LogP contribution in [0.3, 0.4) is 0 Å². The normalized spacial score (nSPS) is 11.6. The van der Waals surface area contributed by atoms with Gasteiger partial charge in [0.1, 0.15) is 12.4 Å². The fraction of sp³-hybridized carbons (Fsp3) is 0.838. The third-order valence-electron chi connectivity index (χ3n) is 6.89. The van der Waals surface area contributed by atoms with Crippen molar-refractivity contribution >= 4 is 0 Å². The van der Waals surface area contributed by atoms with Crippen LogP contribution in [0.4, 0.5) is 0 Å². The third-order valence-corrected chi connectivity index (χ3v) is 6.89. The summed E-state index contributed by atoms with van der Waals surface area (Å²) in [6.07, 6.45) is 9.33. The molecule has 1 aromatic rings. The van der Waals surface area contributed by atoms with Crippen molar-refractivity contribution in [2.24, 2.45) is 0 Å². The molecule has 0 aliphatic rings. The zero-order valence-electron chi connectivity index (χ0n) is 30.5. The summed E-state index contributed by atoms with van der Waals surface area (Å²) in [7, 11) is 0. The number of benzene rings is 1. The molecule has 1 rings (SSSR count). The number of hydrogen-bond acceptors (Lipinski definition) is 11. The Hall–Kier alpha value is -1.38. The summed E-state index contributed by atoms with van der Waals surface area (Å²) in [5.41, 5.74) is 1.38. The summed E-state index contributed by atoms with van der Waals surface area (Å²) < 4.78 is 60.6. The van der Waals surface area contributed by atoms with E-state index < -0.39 is 0 Å². The first-order valence-electron chi connectivity index (χ1n) is 18.3. The fourth-order valence-corrected chi connectivity index (χ4v) is 4.28. The minimum absolute atomic E-state index is 0.233. The molecular weight excluding hydrogens is 620 g/mol. The topological polar surface area (TPSA) is 102 Å². The molecule has 0 fully saturated rings. The van der Waals surface area contributed by atoms with Crippen molar-refractivity contribution in [3.63, 3.8) is 0 Å². The molecule has 0 N–H and O–H groups in total. The van der Waals surface area contributed by atoms with Gasteiger partial charge in [-0.2, -0.15) is 0 Å². The first-order chi connectivity index (χ1) is 23.7. The summed E-state index contributed by atoms with van der Waals surface area (Å²) >= 11 is 0. The van der Waals surface area contributed by atoms with Crippen molar-refractivity contribution in [2.45, 2.75) is 71.8 Å². The standard InChI is InChI=1S/C37H68O11/c1-4-5-6-7-8-9-10-36-11-13-37(14-12-36)48-34-32-46-30-28-44-26-24-42-22-20-40-18-16-38-15-17-39-19-21-41-23-25-43-27-29-45-31-33-47-35(2)3/h11-14,35H,4-10,15-34H2,1-3H3. The van der Waals surface area contributed by atoms with Crippen LogP contribution in [0.2, 0.25) is 0 Å². The second kappa shape index (κ2) is 36.9. The van der Waals surface area contributed by atoms with Crippen LogP contribution in [-0.2, 0) is 53.8 Å². The molecule has 0 aliphatic heterocycles. The van der Waals surface area contributed by atoms with Crippen molar-refractivity contribution in [3.05, 3.63) is 29.8 Å². The van der Waals surface area contributed by atoms with Crippen molar-refractivity contribution in [1.29, 1.82) is 0 Å². The van der Waals surface area contributed by atoms with Crippen LogP contribution in [0.25, 0.3) is 0 Å². The summed E-state index contributed by atoms with van der Waals surface area (Å²) in [6, 6.07) is 8.44. The molecule has 48 heavy (non-hydrogen) atoms. The van der Waals surface area contributed by atoms with E-state index in [-0.39, 0.29) is 6.10 Å². The van der Waals surface area contributed by atoms with Crippen molar-refractivity contribution in [1.82, 2.24) is 0 Å². The van der Waals surface area contributed by atoms with Gasteiger partial charge in [-0.05, 0) is 44.4 Å². The lowest BCUT2D eigenvalue weighted by molar-refractivity contribution is -0.0281. The second-order valence-corrected chi connectivity index (χ2v) is 11.4. The highest BCUT2D eigenvalue weighted by molar-refractivity contribution is 5.27. The van der Waals surface area contributed by atoms with Gasteiger partial charge in [-0.15, -0.1) is 0 Å². The Morgan fingerprint density at radius 3 is 1.10 bits per heavy atom. The van der Waals surface area contributed by atoms with Gasteiger partial charge in [0.25, 0.3) is 0 Å². The van der Waals surface area contributed by atoms with Gasteiger partial charge in [-0.1, -0.05) is 51.2 Å². The molecule has 0 unspecified atom stereocenters. The summed E-state index contributed by atoms with van der Waals surface area (Å²) in [5.74, 6) is 0.887. The lowest BCUT2D eigenvalue weighted by Crippen LogP contribution is -2.15. The number of hydrogen-bond donors (Lipinski definition) is 0. The largest absolute Gasteiger partial charge is 0.491 e. The Morgan fingerprint density at radius 1 is 0.396 bits per heavy atom. The monoisotopic (exact) mass is 688 g/mol. The Bertz CT molecular complexity index is 751. The summed E-state index contributed by atoms with van der Waals surface area (Å²) in [4.78, 5) is 0. The SMILES string of the molecule is CCCCCCCCc1ccc(OCCOCCOCCOCCOCCOCCOCCOCCOCCOCCOC(C)C)cc1. The molecule has 0 aliphatic carbocycles. The lowest BCUT2D eigenvalue weighted by Gasteiger charge is -2.09. The van der Waals surface area contributed by atoms with Crippen LogP contribution in [0.1, 0.15) is 64.9 Å². The molecular formula is C37H68O11. The molecule has 0 aromatic heterocycles. The Kier molecular flexibility index (Phi) is 34.3. The molecule has 0 saturated heterocycles. The van der Waals surface area contributed by atoms with Gasteiger partial charge < -0.3 is 52.1 Å². The van der Waals surface area contributed by atoms with E-state index in [4.69, 9.17) is 52.1 Å². The average Bonchev–Trinajstić information content (AvgIpc) is 3.09. The molecule has 11 heteroatoms. The van der Waals surface area contributed by atoms with Crippen LogP contribution in [0, 0.1) is 0 Å². The molecule has 0 bridgehead atoms. The number of aryl methyl sites for hydroxylation is 1. The zero-order chi connectivity index (χ0) is 34.4.